The molecule has 0 aliphatic carbocycles. The van der Waals surface area contributed by atoms with Gasteiger partial charge in [-0.2, -0.15) is 0 Å². The van der Waals surface area contributed by atoms with E-state index in [1.807, 2.05) is 0 Å². The Kier molecular flexibility index (Phi) is 10.3. The third-order valence-corrected chi connectivity index (χ3v) is 22.5. The molecule has 0 spiro atoms. The van der Waals surface area contributed by atoms with Gasteiger partial charge in [0, 0.05) is 10.8 Å². The van der Waals surface area contributed by atoms with Crippen LogP contribution in [-0.2, 0) is 0 Å². The maximum Gasteiger partial charge on any atom is 0.167 e. The standard InChI is InChI=1S/C34H46Cl2N2Si2/c1-21(2)39(22(3)4,23(5)6)19-17-29-27-15-13-14-16-28(27)30(32-31(29)37-33(35)34(36)38-32)18-20-40(24(7)8,25(9)10)26(11)12/h13-16,21-26H,1-12H3. The Morgan fingerprint density at radius 3 is 1.05 bits per heavy atom. The molecule has 0 amide bonds. The summed E-state index contributed by atoms with van der Waals surface area (Å²) in [6, 6.07) is 8.40. The number of aromatic nitrogens is 2. The first-order chi connectivity index (χ1) is 18.6. The summed E-state index contributed by atoms with van der Waals surface area (Å²) in [6.45, 7) is 28.0. The van der Waals surface area contributed by atoms with Crippen molar-refractivity contribution in [3.8, 4) is 22.9 Å². The quantitative estimate of drug-likeness (QED) is 0.158. The van der Waals surface area contributed by atoms with Gasteiger partial charge >= 0.3 is 0 Å². The van der Waals surface area contributed by atoms with Crippen molar-refractivity contribution in [3.63, 3.8) is 0 Å². The zero-order valence-corrected chi connectivity index (χ0v) is 29.9. The van der Waals surface area contributed by atoms with Crippen molar-refractivity contribution < 1.29 is 0 Å². The molecular formula is C34H46Cl2N2Si2. The maximum atomic E-state index is 6.50. The Hall–Kier alpha value is -1.83. The Morgan fingerprint density at radius 2 is 0.800 bits per heavy atom. The molecule has 0 saturated heterocycles. The summed E-state index contributed by atoms with van der Waals surface area (Å²) in [5.74, 6) is 7.37. The lowest BCUT2D eigenvalue weighted by Crippen LogP contribution is -2.43. The van der Waals surface area contributed by atoms with Gasteiger partial charge in [0.1, 0.15) is 27.2 Å². The normalized spacial score (nSPS) is 12.7. The Bertz CT molecular complexity index is 1360. The van der Waals surface area contributed by atoms with Gasteiger partial charge < -0.3 is 0 Å². The van der Waals surface area contributed by atoms with Crippen LogP contribution in [0.2, 0.25) is 43.6 Å². The second-order valence-electron chi connectivity index (χ2n) is 13.1. The van der Waals surface area contributed by atoms with Crippen LogP contribution >= 0.6 is 23.2 Å². The predicted octanol–water partition coefficient (Wildman–Crippen LogP) is 11.2. The number of hydrogen-bond acceptors (Lipinski definition) is 2. The molecule has 0 fully saturated rings. The van der Waals surface area contributed by atoms with Crippen molar-refractivity contribution in [3.05, 3.63) is 45.7 Å². The highest BCUT2D eigenvalue weighted by Gasteiger charge is 2.43. The van der Waals surface area contributed by atoms with E-state index in [9.17, 15) is 0 Å². The molecule has 3 aromatic rings. The number of halogens is 2. The largest absolute Gasteiger partial charge is 0.230 e. The fraction of sp³-hybridized carbons (Fsp3) is 0.529. The van der Waals surface area contributed by atoms with Gasteiger partial charge in [-0.3, -0.25) is 0 Å². The highest BCUT2D eigenvalue weighted by atomic mass is 35.5. The van der Waals surface area contributed by atoms with E-state index in [1.165, 1.54) is 0 Å². The molecule has 0 saturated carbocycles. The van der Waals surface area contributed by atoms with Crippen LogP contribution in [0, 0.1) is 22.9 Å². The summed E-state index contributed by atoms with van der Waals surface area (Å²) >= 11 is 13.0. The van der Waals surface area contributed by atoms with Crippen LogP contribution in [-0.4, -0.2) is 26.1 Å². The van der Waals surface area contributed by atoms with Crippen LogP contribution < -0.4 is 0 Å². The number of benzene rings is 2. The van der Waals surface area contributed by atoms with E-state index in [0.717, 1.165) is 21.9 Å². The summed E-state index contributed by atoms with van der Waals surface area (Å²) in [5.41, 5.74) is 14.1. The van der Waals surface area contributed by atoms with Gasteiger partial charge in [0.2, 0.25) is 0 Å². The van der Waals surface area contributed by atoms with Crippen LogP contribution in [0.5, 0.6) is 0 Å². The van der Waals surface area contributed by atoms with E-state index in [-0.39, 0.29) is 10.3 Å². The van der Waals surface area contributed by atoms with Crippen molar-refractivity contribution >= 4 is 61.2 Å². The van der Waals surface area contributed by atoms with Crippen LogP contribution in [0.25, 0.3) is 21.8 Å². The molecule has 214 valence electrons. The summed E-state index contributed by atoms with van der Waals surface area (Å²) in [4.78, 5) is 9.60. The van der Waals surface area contributed by atoms with Crippen LogP contribution in [0.3, 0.4) is 0 Å². The molecule has 1 aromatic heterocycles. The number of fused-ring (bicyclic) bond motifs is 2. The van der Waals surface area contributed by atoms with E-state index in [0.29, 0.717) is 44.3 Å². The minimum absolute atomic E-state index is 0.196. The van der Waals surface area contributed by atoms with E-state index >= 15 is 0 Å². The average Bonchev–Trinajstić information content (AvgIpc) is 2.85. The molecule has 0 N–H and O–H groups in total. The van der Waals surface area contributed by atoms with Gasteiger partial charge in [-0.05, 0) is 33.2 Å². The third-order valence-electron chi connectivity index (χ3n) is 9.29. The minimum atomic E-state index is -1.99. The highest BCUT2D eigenvalue weighted by molar-refractivity contribution is 6.91. The lowest BCUT2D eigenvalue weighted by Gasteiger charge is -2.38. The molecule has 0 aliphatic heterocycles. The maximum absolute atomic E-state index is 6.50. The molecule has 0 bridgehead atoms. The predicted molar refractivity (Wildman–Crippen MR) is 183 cm³/mol. The van der Waals surface area contributed by atoms with Crippen LogP contribution in [0.15, 0.2) is 24.3 Å². The molecule has 0 radical (unpaired) electrons. The Morgan fingerprint density at radius 1 is 0.525 bits per heavy atom. The summed E-state index contributed by atoms with van der Waals surface area (Å²) in [7, 11) is -3.98. The van der Waals surface area contributed by atoms with Gasteiger partial charge in [-0.25, -0.2) is 9.97 Å². The van der Waals surface area contributed by atoms with Gasteiger partial charge in [-0.1, -0.05) is 142 Å². The van der Waals surface area contributed by atoms with Crippen molar-refractivity contribution in [2.45, 2.75) is 116 Å². The zero-order valence-electron chi connectivity index (χ0n) is 26.4. The molecule has 0 aliphatic rings. The van der Waals surface area contributed by atoms with E-state index in [1.54, 1.807) is 0 Å². The van der Waals surface area contributed by atoms with Crippen LogP contribution in [0.1, 0.15) is 94.2 Å². The van der Waals surface area contributed by atoms with Crippen molar-refractivity contribution in [1.82, 2.24) is 9.97 Å². The smallest absolute Gasteiger partial charge is 0.167 e. The highest BCUT2D eigenvalue weighted by Crippen LogP contribution is 2.43. The number of hydrogen-bond donors (Lipinski definition) is 0. The third kappa shape index (κ3) is 5.63. The first-order valence-corrected chi connectivity index (χ1v) is 20.0. The number of rotatable bonds is 6. The van der Waals surface area contributed by atoms with E-state index in [4.69, 9.17) is 33.2 Å². The molecular weight excluding hydrogens is 563 g/mol. The Balaban J connectivity index is 2.54. The van der Waals surface area contributed by atoms with E-state index < -0.39 is 16.1 Å². The van der Waals surface area contributed by atoms with Gasteiger partial charge in [0.15, 0.2) is 10.3 Å². The molecule has 3 rings (SSSR count). The van der Waals surface area contributed by atoms with Crippen LogP contribution in [0.4, 0.5) is 0 Å². The fourth-order valence-electron chi connectivity index (χ4n) is 7.38. The summed E-state index contributed by atoms with van der Waals surface area (Å²) in [5, 5.41) is 2.48. The van der Waals surface area contributed by atoms with Gasteiger partial charge in [0.05, 0.1) is 11.1 Å². The molecule has 1 heterocycles. The van der Waals surface area contributed by atoms with Crippen molar-refractivity contribution in [1.29, 1.82) is 0 Å². The topological polar surface area (TPSA) is 25.8 Å². The average molecular weight is 610 g/mol. The molecule has 40 heavy (non-hydrogen) atoms. The molecule has 0 unspecified atom stereocenters. The van der Waals surface area contributed by atoms with Crippen molar-refractivity contribution in [2.75, 3.05) is 0 Å². The molecule has 2 aromatic carbocycles. The minimum Gasteiger partial charge on any atom is -0.230 e. The SMILES string of the molecule is CC(C)[Si](C#Cc1c2ccccc2c(C#C[Si](C(C)C)(C(C)C)C(C)C)c2nc(Cl)c(Cl)nc12)(C(C)C)C(C)C. The molecule has 6 heteroatoms. The van der Waals surface area contributed by atoms with Gasteiger partial charge in [-0.15, -0.1) is 11.1 Å². The van der Waals surface area contributed by atoms with Gasteiger partial charge in [0.25, 0.3) is 0 Å². The second-order valence-corrected chi connectivity index (χ2v) is 25.0. The second kappa shape index (κ2) is 12.6. The first kappa shape index (κ1) is 32.7. The summed E-state index contributed by atoms with van der Waals surface area (Å²) < 4.78 is 0. The monoisotopic (exact) mass is 608 g/mol. The fourth-order valence-corrected chi connectivity index (χ4v) is 18.0. The lowest BCUT2D eigenvalue weighted by molar-refractivity contribution is 0.838. The summed E-state index contributed by atoms with van der Waals surface area (Å²) in [6.07, 6.45) is 0. The number of nitrogens with zero attached hydrogens (tertiary/aromatic N) is 2. The molecule has 2 nitrogen and oxygen atoms in total. The lowest BCUT2D eigenvalue weighted by atomic mass is 9.97. The zero-order chi connectivity index (χ0) is 30.2. The molecule has 0 atom stereocenters. The van der Waals surface area contributed by atoms with E-state index in [2.05, 4.69) is 130 Å². The Labute approximate surface area is 255 Å². The first-order valence-electron chi connectivity index (χ1n) is 14.8. The van der Waals surface area contributed by atoms with Crippen molar-refractivity contribution in [2.24, 2.45) is 0 Å².